The first kappa shape index (κ1) is 25.8. The number of rotatable bonds is 7. The molecular formula is C26H22Cl2FN7O2. The van der Waals surface area contributed by atoms with Crippen molar-refractivity contribution in [3.63, 3.8) is 0 Å². The maximum Gasteiger partial charge on any atom is 0.271 e. The minimum absolute atomic E-state index is 0.0107. The quantitative estimate of drug-likeness (QED) is 0.272. The van der Waals surface area contributed by atoms with E-state index in [0.717, 1.165) is 13.0 Å². The number of anilines is 1. The first-order valence-corrected chi connectivity index (χ1v) is 12.5. The third-order valence-electron chi connectivity index (χ3n) is 5.93. The Morgan fingerprint density at radius 1 is 1.05 bits per heavy atom. The Labute approximate surface area is 227 Å². The van der Waals surface area contributed by atoms with E-state index in [-0.39, 0.29) is 50.3 Å². The highest BCUT2D eigenvalue weighted by atomic mass is 35.5. The van der Waals surface area contributed by atoms with Crippen LogP contribution in [0, 0.1) is 5.82 Å². The summed E-state index contributed by atoms with van der Waals surface area (Å²) in [7, 11) is 0. The maximum atomic E-state index is 14.4. The van der Waals surface area contributed by atoms with Crippen LogP contribution in [0.1, 0.15) is 27.3 Å². The highest BCUT2D eigenvalue weighted by molar-refractivity contribution is 6.38. The van der Waals surface area contributed by atoms with Gasteiger partial charge in [0.05, 0.1) is 21.3 Å². The Bertz CT molecular complexity index is 1490. The van der Waals surface area contributed by atoms with Gasteiger partial charge in [0.2, 0.25) is 0 Å². The van der Waals surface area contributed by atoms with Gasteiger partial charge in [-0.1, -0.05) is 41.4 Å². The van der Waals surface area contributed by atoms with E-state index in [4.69, 9.17) is 23.2 Å². The highest BCUT2D eigenvalue weighted by Crippen LogP contribution is 2.33. The predicted octanol–water partition coefficient (Wildman–Crippen LogP) is 4.23. The van der Waals surface area contributed by atoms with E-state index < -0.39 is 11.7 Å². The molecule has 1 atom stereocenters. The molecule has 4 N–H and O–H groups in total. The molecule has 2 aromatic heterocycles. The third-order valence-corrected chi connectivity index (χ3v) is 6.56. The minimum atomic E-state index is -0.602. The number of amides is 2. The lowest BCUT2D eigenvalue weighted by molar-refractivity contribution is 0.0943. The molecule has 0 aliphatic carbocycles. The molecule has 1 fully saturated rings. The summed E-state index contributed by atoms with van der Waals surface area (Å²) in [6, 6.07) is 16.1. The second kappa shape index (κ2) is 11.3. The number of aromatic nitrogens is 3. The molecule has 0 bridgehead atoms. The van der Waals surface area contributed by atoms with E-state index in [0.29, 0.717) is 12.2 Å². The van der Waals surface area contributed by atoms with Gasteiger partial charge in [0.1, 0.15) is 17.3 Å². The molecular weight excluding hydrogens is 532 g/mol. The van der Waals surface area contributed by atoms with E-state index in [1.165, 1.54) is 41.2 Å². The smallest absolute Gasteiger partial charge is 0.271 e. The molecule has 0 spiro atoms. The van der Waals surface area contributed by atoms with Gasteiger partial charge in [-0.05, 0) is 42.8 Å². The maximum absolute atomic E-state index is 14.4. The summed E-state index contributed by atoms with van der Waals surface area (Å²) in [5.41, 5.74) is 7.10. The summed E-state index contributed by atoms with van der Waals surface area (Å²) >= 11 is 12.7. The normalized spacial score (nSPS) is 14.9. The van der Waals surface area contributed by atoms with E-state index in [9.17, 15) is 14.0 Å². The highest BCUT2D eigenvalue weighted by Gasteiger charge is 2.22. The fraction of sp³-hybridized carbons (Fsp3) is 0.154. The summed E-state index contributed by atoms with van der Waals surface area (Å²) in [6.45, 7) is 1.24. The molecule has 0 radical (unpaired) electrons. The minimum Gasteiger partial charge on any atom is -0.349 e. The number of nitrogens with zero attached hydrogens (tertiary/aromatic N) is 3. The molecule has 12 heteroatoms. The van der Waals surface area contributed by atoms with Gasteiger partial charge in [-0.2, -0.15) is 5.10 Å². The van der Waals surface area contributed by atoms with Crippen LogP contribution in [-0.2, 0) is 0 Å². The molecule has 2 amide bonds. The molecule has 3 heterocycles. The van der Waals surface area contributed by atoms with Crippen LogP contribution in [0.3, 0.4) is 0 Å². The van der Waals surface area contributed by atoms with Crippen LogP contribution >= 0.6 is 23.2 Å². The van der Waals surface area contributed by atoms with E-state index in [1.54, 1.807) is 12.1 Å². The summed E-state index contributed by atoms with van der Waals surface area (Å²) in [5, 5.41) is 10.3. The van der Waals surface area contributed by atoms with Crippen molar-refractivity contribution >= 4 is 40.8 Å². The van der Waals surface area contributed by atoms with E-state index in [1.807, 2.05) is 18.2 Å². The van der Waals surface area contributed by atoms with Gasteiger partial charge < -0.3 is 10.6 Å². The fourth-order valence-corrected chi connectivity index (χ4v) is 4.57. The number of hydrogen-bond acceptors (Lipinski definition) is 6. The van der Waals surface area contributed by atoms with Crippen molar-refractivity contribution in [2.75, 3.05) is 18.4 Å². The second-order valence-electron chi connectivity index (χ2n) is 8.53. The van der Waals surface area contributed by atoms with Crippen LogP contribution in [0.4, 0.5) is 10.2 Å². The van der Waals surface area contributed by atoms with Crippen LogP contribution in [0.15, 0.2) is 66.9 Å². The lowest BCUT2D eigenvalue weighted by Crippen LogP contribution is -2.40. The number of carbonyl (C=O) groups excluding carboxylic acids is 2. The molecule has 38 heavy (non-hydrogen) atoms. The van der Waals surface area contributed by atoms with Gasteiger partial charge in [0.15, 0.2) is 5.69 Å². The lowest BCUT2D eigenvalue weighted by Gasteiger charge is -2.12. The van der Waals surface area contributed by atoms with Crippen LogP contribution in [0.2, 0.25) is 10.0 Å². The number of benzene rings is 2. The Kier molecular flexibility index (Phi) is 7.66. The average Bonchev–Trinajstić information content (AvgIpc) is 3.59. The Balaban J connectivity index is 1.45. The number of carbonyl (C=O) groups is 2. The van der Waals surface area contributed by atoms with Crippen LogP contribution < -0.4 is 21.5 Å². The molecule has 1 saturated heterocycles. The third kappa shape index (κ3) is 5.53. The van der Waals surface area contributed by atoms with Crippen molar-refractivity contribution in [1.82, 2.24) is 30.9 Å². The number of hydrazine groups is 1. The summed E-state index contributed by atoms with van der Waals surface area (Å²) in [5.74, 6) is -1.34. The SMILES string of the molecule is O=C(NCC1CCNN1)c1cc(NC(=O)c2cc(-c3ncccc3F)c(Cl)cc2Cl)n(-c2ccccc2)n1. The number of pyridine rings is 1. The van der Waals surface area contributed by atoms with Crippen molar-refractivity contribution in [1.29, 1.82) is 0 Å². The zero-order valence-corrected chi connectivity index (χ0v) is 21.4. The van der Waals surface area contributed by atoms with Gasteiger partial charge >= 0.3 is 0 Å². The first-order valence-electron chi connectivity index (χ1n) is 11.7. The monoisotopic (exact) mass is 553 g/mol. The number of halogens is 3. The van der Waals surface area contributed by atoms with Crippen LogP contribution in [0.25, 0.3) is 16.9 Å². The van der Waals surface area contributed by atoms with Gasteiger partial charge in [-0.3, -0.25) is 25.4 Å². The number of para-hydroxylation sites is 1. The standard InChI is InChI=1S/C26H22Cl2FN7O2/c27-19-12-20(28)18(11-17(19)24-21(29)7-4-9-30-24)25(37)33-23-13-22(26(38)31-14-15-8-10-32-34-15)35-36(23)16-5-2-1-3-6-16/h1-7,9,11-13,15,32,34H,8,10,14H2,(H,31,38)(H,33,37). The van der Waals surface area contributed by atoms with Gasteiger partial charge in [0.25, 0.3) is 11.8 Å². The summed E-state index contributed by atoms with van der Waals surface area (Å²) in [6.07, 6.45) is 2.31. The zero-order chi connectivity index (χ0) is 26.6. The van der Waals surface area contributed by atoms with Gasteiger partial charge in [-0.25, -0.2) is 9.07 Å². The second-order valence-corrected chi connectivity index (χ2v) is 9.34. The predicted molar refractivity (Wildman–Crippen MR) is 143 cm³/mol. The molecule has 5 rings (SSSR count). The van der Waals surface area contributed by atoms with Crippen molar-refractivity contribution in [2.24, 2.45) is 0 Å². The Morgan fingerprint density at radius 3 is 2.61 bits per heavy atom. The molecule has 0 saturated carbocycles. The van der Waals surface area contributed by atoms with E-state index >= 15 is 0 Å². The molecule has 1 aliphatic rings. The average molecular weight is 554 g/mol. The summed E-state index contributed by atoms with van der Waals surface area (Å²) < 4.78 is 15.9. The molecule has 2 aromatic carbocycles. The Hall–Kier alpha value is -3.83. The molecule has 9 nitrogen and oxygen atoms in total. The van der Waals surface area contributed by atoms with Crippen LogP contribution in [-0.4, -0.2) is 45.7 Å². The van der Waals surface area contributed by atoms with Crippen molar-refractivity contribution in [3.05, 3.63) is 94.0 Å². The van der Waals surface area contributed by atoms with E-state index in [2.05, 4.69) is 31.6 Å². The molecule has 194 valence electrons. The van der Waals surface area contributed by atoms with Crippen molar-refractivity contribution in [2.45, 2.75) is 12.5 Å². The molecule has 4 aromatic rings. The van der Waals surface area contributed by atoms with Gasteiger partial charge in [0, 0.05) is 37.0 Å². The summed E-state index contributed by atoms with van der Waals surface area (Å²) in [4.78, 5) is 30.3. The zero-order valence-electron chi connectivity index (χ0n) is 19.8. The number of nitrogens with one attached hydrogen (secondary N) is 4. The molecule has 1 aliphatic heterocycles. The van der Waals surface area contributed by atoms with Gasteiger partial charge in [-0.15, -0.1) is 0 Å². The lowest BCUT2D eigenvalue weighted by atomic mass is 10.1. The molecule has 1 unspecified atom stereocenters. The topological polar surface area (TPSA) is 113 Å². The largest absolute Gasteiger partial charge is 0.349 e. The first-order chi connectivity index (χ1) is 18.4. The fourth-order valence-electron chi connectivity index (χ4n) is 4.01. The van der Waals surface area contributed by atoms with Crippen LogP contribution in [0.5, 0.6) is 0 Å². The van der Waals surface area contributed by atoms with Crippen molar-refractivity contribution in [3.8, 4) is 16.9 Å². The van der Waals surface area contributed by atoms with Crippen molar-refractivity contribution < 1.29 is 14.0 Å². The number of hydrogen-bond donors (Lipinski definition) is 4. The Morgan fingerprint density at radius 2 is 1.87 bits per heavy atom.